The van der Waals surface area contributed by atoms with Gasteiger partial charge in [0.15, 0.2) is 5.11 Å². The minimum Gasteiger partial charge on any atom is -0.399 e. The number of benzene rings is 1. The smallest absolute Gasteiger partial charge is 0.276 e. The number of amides is 1. The van der Waals surface area contributed by atoms with Gasteiger partial charge in [-0.3, -0.25) is 4.79 Å². The predicted octanol–water partition coefficient (Wildman–Crippen LogP) is -0.589. The number of carbonyl (C=O) groups is 1. The number of thiocarbonyl (C=S) groups is 1. The van der Waals surface area contributed by atoms with Crippen molar-refractivity contribution in [2.24, 2.45) is 11.6 Å². The minimum absolute atomic E-state index is 0.172. The van der Waals surface area contributed by atoms with Crippen molar-refractivity contribution in [1.82, 2.24) is 5.01 Å². The van der Waals surface area contributed by atoms with E-state index in [1.165, 1.54) is 12.1 Å². The van der Waals surface area contributed by atoms with Gasteiger partial charge >= 0.3 is 0 Å². The second-order valence-electron chi connectivity index (χ2n) is 2.86. The Hall–Kier alpha value is -1.86. The van der Waals surface area contributed by atoms with Crippen LogP contribution in [0, 0.1) is 0 Å². The SMILES string of the molecule is NC(=S)N(N)C(=O)c1cc(N)ccc1N. The van der Waals surface area contributed by atoms with E-state index in [4.69, 9.17) is 23.0 Å². The zero-order valence-electron chi connectivity index (χ0n) is 7.81. The maximum Gasteiger partial charge on any atom is 0.276 e. The molecule has 1 amide bonds. The van der Waals surface area contributed by atoms with Crippen LogP contribution in [0.15, 0.2) is 18.2 Å². The Morgan fingerprint density at radius 3 is 2.47 bits per heavy atom. The van der Waals surface area contributed by atoms with Crippen molar-refractivity contribution in [3.8, 4) is 0 Å². The van der Waals surface area contributed by atoms with Crippen LogP contribution in [0.25, 0.3) is 0 Å². The van der Waals surface area contributed by atoms with Crippen molar-refractivity contribution in [3.05, 3.63) is 23.8 Å². The van der Waals surface area contributed by atoms with E-state index in [1.54, 1.807) is 6.07 Å². The number of hydrogen-bond donors (Lipinski definition) is 4. The molecule has 0 bridgehead atoms. The summed E-state index contributed by atoms with van der Waals surface area (Å²) in [5, 5.41) is 0.405. The third kappa shape index (κ3) is 2.33. The van der Waals surface area contributed by atoms with Crippen molar-refractivity contribution >= 4 is 34.6 Å². The number of nitrogens with zero attached hydrogens (tertiary/aromatic N) is 1. The molecule has 0 aliphatic rings. The van der Waals surface area contributed by atoms with Gasteiger partial charge in [-0.05, 0) is 30.4 Å². The molecular weight excluding hydrogens is 214 g/mol. The topological polar surface area (TPSA) is 124 Å². The second-order valence-corrected chi connectivity index (χ2v) is 3.28. The zero-order valence-corrected chi connectivity index (χ0v) is 8.62. The van der Waals surface area contributed by atoms with E-state index >= 15 is 0 Å². The van der Waals surface area contributed by atoms with E-state index in [0.29, 0.717) is 10.7 Å². The molecule has 8 N–H and O–H groups in total. The van der Waals surface area contributed by atoms with Crippen molar-refractivity contribution in [2.45, 2.75) is 0 Å². The van der Waals surface area contributed by atoms with Crippen LogP contribution in [0.1, 0.15) is 10.4 Å². The molecule has 15 heavy (non-hydrogen) atoms. The Balaban J connectivity index is 3.11. The first-order chi connectivity index (χ1) is 6.93. The number of nitrogen functional groups attached to an aromatic ring is 2. The van der Waals surface area contributed by atoms with Crippen LogP contribution in [0.4, 0.5) is 11.4 Å². The monoisotopic (exact) mass is 225 g/mol. The van der Waals surface area contributed by atoms with Crippen LogP contribution in [0.5, 0.6) is 0 Å². The van der Waals surface area contributed by atoms with Gasteiger partial charge in [0.25, 0.3) is 5.91 Å². The van der Waals surface area contributed by atoms with Crippen LogP contribution in [0.3, 0.4) is 0 Å². The van der Waals surface area contributed by atoms with Gasteiger partial charge in [-0.1, -0.05) is 0 Å². The van der Waals surface area contributed by atoms with Crippen LogP contribution < -0.4 is 23.0 Å². The lowest BCUT2D eigenvalue weighted by atomic mass is 10.1. The molecule has 0 aromatic heterocycles. The van der Waals surface area contributed by atoms with Gasteiger partial charge < -0.3 is 17.2 Å². The van der Waals surface area contributed by atoms with Crippen LogP contribution >= 0.6 is 12.2 Å². The maximum absolute atomic E-state index is 11.7. The normalized spacial score (nSPS) is 9.67. The summed E-state index contributed by atoms with van der Waals surface area (Å²) < 4.78 is 0. The summed E-state index contributed by atoms with van der Waals surface area (Å²) in [6, 6.07) is 4.50. The Bertz CT molecular complexity index is 419. The lowest BCUT2D eigenvalue weighted by Crippen LogP contribution is -2.45. The lowest BCUT2D eigenvalue weighted by molar-refractivity contribution is 0.0849. The molecule has 0 heterocycles. The van der Waals surface area contributed by atoms with Crippen molar-refractivity contribution < 1.29 is 4.79 Å². The number of nitrogens with two attached hydrogens (primary N) is 4. The molecule has 1 aromatic carbocycles. The van der Waals surface area contributed by atoms with Crippen LogP contribution in [-0.2, 0) is 0 Å². The Morgan fingerprint density at radius 1 is 1.33 bits per heavy atom. The molecule has 0 atom stereocenters. The molecule has 0 fully saturated rings. The molecule has 0 saturated heterocycles. The summed E-state index contributed by atoms with van der Waals surface area (Å²) in [5.41, 5.74) is 17.1. The van der Waals surface area contributed by atoms with E-state index in [-0.39, 0.29) is 16.4 Å². The molecule has 0 aliphatic carbocycles. The third-order valence-corrected chi connectivity index (χ3v) is 1.96. The van der Waals surface area contributed by atoms with E-state index < -0.39 is 5.91 Å². The molecule has 0 spiro atoms. The van der Waals surface area contributed by atoms with Crippen LogP contribution in [0.2, 0.25) is 0 Å². The maximum atomic E-state index is 11.7. The van der Waals surface area contributed by atoms with Crippen LogP contribution in [-0.4, -0.2) is 16.0 Å². The summed E-state index contributed by atoms with van der Waals surface area (Å²) >= 11 is 4.56. The molecule has 0 unspecified atom stereocenters. The molecule has 6 nitrogen and oxygen atoms in total. The van der Waals surface area contributed by atoms with Crippen molar-refractivity contribution in [2.75, 3.05) is 11.5 Å². The molecule has 0 aliphatic heterocycles. The molecule has 1 aromatic rings. The highest BCUT2D eigenvalue weighted by molar-refractivity contribution is 7.80. The number of hydrogen-bond acceptors (Lipinski definition) is 5. The first-order valence-corrected chi connectivity index (χ1v) is 4.38. The summed E-state index contributed by atoms with van der Waals surface area (Å²) in [5.74, 6) is 4.74. The highest BCUT2D eigenvalue weighted by Crippen LogP contribution is 2.16. The molecule has 7 heteroatoms. The van der Waals surface area contributed by atoms with E-state index in [0.717, 1.165) is 0 Å². The van der Waals surface area contributed by atoms with Gasteiger partial charge in [0.1, 0.15) is 0 Å². The Morgan fingerprint density at radius 2 is 1.93 bits per heavy atom. The van der Waals surface area contributed by atoms with Gasteiger partial charge in [-0.15, -0.1) is 0 Å². The molecule has 80 valence electrons. The average Bonchev–Trinajstić information content (AvgIpc) is 2.19. The predicted molar refractivity (Wildman–Crippen MR) is 62.4 cm³/mol. The highest BCUT2D eigenvalue weighted by Gasteiger charge is 2.17. The zero-order chi connectivity index (χ0) is 11.6. The fourth-order valence-corrected chi connectivity index (χ4v) is 1.07. The number of rotatable bonds is 1. The van der Waals surface area contributed by atoms with Gasteiger partial charge in [0.2, 0.25) is 0 Å². The first-order valence-electron chi connectivity index (χ1n) is 3.97. The lowest BCUT2D eigenvalue weighted by Gasteiger charge is -2.15. The fraction of sp³-hybridized carbons (Fsp3) is 0. The second kappa shape index (κ2) is 4.11. The summed E-state index contributed by atoms with van der Waals surface area (Å²) in [6.45, 7) is 0. The van der Waals surface area contributed by atoms with Gasteiger partial charge in [-0.25, -0.2) is 10.9 Å². The van der Waals surface area contributed by atoms with Crippen molar-refractivity contribution in [1.29, 1.82) is 0 Å². The molecule has 0 radical (unpaired) electrons. The molecule has 1 rings (SSSR count). The summed E-state index contributed by atoms with van der Waals surface area (Å²) in [7, 11) is 0. The van der Waals surface area contributed by atoms with Crippen molar-refractivity contribution in [3.63, 3.8) is 0 Å². The van der Waals surface area contributed by atoms with E-state index in [9.17, 15) is 4.79 Å². The van der Waals surface area contributed by atoms with Gasteiger partial charge in [-0.2, -0.15) is 0 Å². The number of carbonyl (C=O) groups excluding carboxylic acids is 1. The Kier molecular flexibility index (Phi) is 3.08. The van der Waals surface area contributed by atoms with E-state index in [2.05, 4.69) is 12.2 Å². The average molecular weight is 225 g/mol. The summed E-state index contributed by atoms with van der Waals surface area (Å²) in [6.07, 6.45) is 0. The molecule has 0 saturated carbocycles. The number of anilines is 2. The largest absolute Gasteiger partial charge is 0.399 e. The fourth-order valence-electron chi connectivity index (χ4n) is 0.989. The van der Waals surface area contributed by atoms with Gasteiger partial charge in [0.05, 0.1) is 5.56 Å². The van der Waals surface area contributed by atoms with Gasteiger partial charge in [0, 0.05) is 11.4 Å². The Labute approximate surface area is 91.8 Å². The third-order valence-electron chi connectivity index (χ3n) is 1.76. The summed E-state index contributed by atoms with van der Waals surface area (Å²) in [4.78, 5) is 11.7. The first kappa shape index (κ1) is 11.2. The number of hydrazine groups is 1. The highest BCUT2D eigenvalue weighted by atomic mass is 32.1. The molecular formula is C8H11N5OS. The minimum atomic E-state index is -0.590. The van der Waals surface area contributed by atoms with E-state index in [1.807, 2.05) is 0 Å². The quantitative estimate of drug-likeness (QED) is 0.166. The standard InChI is InChI=1S/C8H11N5OS/c9-4-1-2-6(10)5(3-4)7(14)13(12)8(11)15/h1-3H,9-10,12H2,(H2,11,15).